The molecular weight excluding hydrogens is 464 g/mol. The number of aryl methyl sites for hydroxylation is 1. The van der Waals surface area contributed by atoms with E-state index in [9.17, 15) is 9.59 Å². The number of hydrazone groups is 1. The summed E-state index contributed by atoms with van der Waals surface area (Å²) in [6, 6.07) is 18.6. The van der Waals surface area contributed by atoms with Crippen molar-refractivity contribution >= 4 is 28.6 Å². The average Bonchev–Trinajstić information content (AvgIpc) is 2.90. The summed E-state index contributed by atoms with van der Waals surface area (Å²) in [4.78, 5) is 30.1. The second-order valence-corrected chi connectivity index (χ2v) is 8.84. The summed E-state index contributed by atoms with van der Waals surface area (Å²) in [6.45, 7) is 2.01. The Balaban J connectivity index is 1.67. The summed E-state index contributed by atoms with van der Waals surface area (Å²) in [5.41, 5.74) is 3.85. The van der Waals surface area contributed by atoms with Crippen molar-refractivity contribution in [1.29, 1.82) is 0 Å². The van der Waals surface area contributed by atoms with Crippen LogP contribution in [0.2, 0.25) is 0 Å². The van der Waals surface area contributed by atoms with Crippen molar-refractivity contribution in [2.45, 2.75) is 19.5 Å². The van der Waals surface area contributed by atoms with E-state index in [0.29, 0.717) is 29.4 Å². The van der Waals surface area contributed by atoms with Crippen LogP contribution in [0.1, 0.15) is 27.2 Å². The minimum Gasteiger partial charge on any atom is -0.493 e. The van der Waals surface area contributed by atoms with Gasteiger partial charge in [-0.05, 0) is 42.8 Å². The summed E-state index contributed by atoms with van der Waals surface area (Å²) in [6.07, 6.45) is 1.23. The van der Waals surface area contributed by atoms with E-state index >= 15 is 0 Å². The standard InChI is InChI=1S/C26H26N4O4S/c1-17-7-9-18(10-8-17)14-24(28-25(31)20-6-4-5-13-27-20)30-26(32)35-16-21(29-30)19-11-12-22(33-2)23(15-19)34-3/h4-13,15,24H,14,16H2,1-3H3,(H,28,31). The van der Waals surface area contributed by atoms with Gasteiger partial charge in [-0.1, -0.05) is 47.7 Å². The van der Waals surface area contributed by atoms with Crippen LogP contribution in [0, 0.1) is 6.92 Å². The number of nitrogens with one attached hydrogen (secondary N) is 1. The molecule has 1 aromatic heterocycles. The van der Waals surface area contributed by atoms with Crippen LogP contribution < -0.4 is 14.8 Å². The first-order valence-electron chi connectivity index (χ1n) is 11.0. The van der Waals surface area contributed by atoms with Crippen LogP contribution in [0.4, 0.5) is 4.79 Å². The molecule has 180 valence electrons. The summed E-state index contributed by atoms with van der Waals surface area (Å²) in [7, 11) is 3.14. The fraction of sp³-hybridized carbons (Fsp3) is 0.231. The largest absolute Gasteiger partial charge is 0.493 e. The Kier molecular flexibility index (Phi) is 7.67. The van der Waals surface area contributed by atoms with Gasteiger partial charge in [0.2, 0.25) is 0 Å². The lowest BCUT2D eigenvalue weighted by atomic mass is 10.1. The molecule has 2 aromatic carbocycles. The molecule has 4 rings (SSSR count). The van der Waals surface area contributed by atoms with Crippen LogP contribution in [-0.2, 0) is 6.42 Å². The summed E-state index contributed by atoms with van der Waals surface area (Å²) < 4.78 is 10.7. The van der Waals surface area contributed by atoms with Crippen LogP contribution >= 0.6 is 11.8 Å². The average molecular weight is 491 g/mol. The van der Waals surface area contributed by atoms with Gasteiger partial charge >= 0.3 is 5.24 Å². The minimum absolute atomic E-state index is 0.243. The van der Waals surface area contributed by atoms with Gasteiger partial charge in [-0.15, -0.1) is 0 Å². The van der Waals surface area contributed by atoms with Crippen molar-refractivity contribution in [3.05, 3.63) is 89.2 Å². The predicted molar refractivity (Wildman–Crippen MR) is 136 cm³/mol. The van der Waals surface area contributed by atoms with E-state index in [1.165, 1.54) is 5.01 Å². The van der Waals surface area contributed by atoms with Crippen LogP contribution in [0.5, 0.6) is 11.5 Å². The Bertz CT molecular complexity index is 1230. The van der Waals surface area contributed by atoms with E-state index in [0.717, 1.165) is 28.5 Å². The quantitative estimate of drug-likeness (QED) is 0.507. The van der Waals surface area contributed by atoms with E-state index in [4.69, 9.17) is 9.47 Å². The van der Waals surface area contributed by atoms with Gasteiger partial charge in [0.1, 0.15) is 11.9 Å². The molecule has 3 aromatic rings. The number of pyridine rings is 1. The van der Waals surface area contributed by atoms with Crippen molar-refractivity contribution in [2.75, 3.05) is 20.0 Å². The molecule has 1 unspecified atom stereocenters. The second kappa shape index (κ2) is 11.1. The van der Waals surface area contributed by atoms with Crippen LogP contribution in [0.15, 0.2) is 72.0 Å². The number of thioether (sulfide) groups is 1. The lowest BCUT2D eigenvalue weighted by molar-refractivity contribution is 0.0883. The Hall–Kier alpha value is -3.85. The monoisotopic (exact) mass is 490 g/mol. The van der Waals surface area contributed by atoms with Gasteiger partial charge < -0.3 is 14.8 Å². The lowest BCUT2D eigenvalue weighted by Gasteiger charge is -2.31. The SMILES string of the molecule is COc1ccc(C2=NN(C(Cc3ccc(C)cc3)NC(=O)c3ccccn3)C(=O)SC2)cc1OC. The fourth-order valence-corrected chi connectivity index (χ4v) is 4.40. The smallest absolute Gasteiger partial charge is 0.304 e. The van der Waals surface area contributed by atoms with E-state index in [1.807, 2.05) is 43.3 Å². The molecule has 1 atom stereocenters. The number of ether oxygens (including phenoxy) is 2. The highest BCUT2D eigenvalue weighted by Gasteiger charge is 2.31. The highest BCUT2D eigenvalue weighted by Crippen LogP contribution is 2.30. The molecule has 1 aliphatic rings. The molecule has 0 bridgehead atoms. The highest BCUT2D eigenvalue weighted by molar-refractivity contribution is 8.14. The minimum atomic E-state index is -0.706. The molecule has 35 heavy (non-hydrogen) atoms. The number of amides is 2. The lowest BCUT2D eigenvalue weighted by Crippen LogP contribution is -2.50. The maximum Gasteiger partial charge on any atom is 0.304 e. The zero-order chi connectivity index (χ0) is 24.8. The number of carbonyl (C=O) groups excluding carboxylic acids is 2. The molecule has 0 saturated heterocycles. The maximum absolute atomic E-state index is 13.0. The van der Waals surface area contributed by atoms with Crippen molar-refractivity contribution in [3.63, 3.8) is 0 Å². The first-order chi connectivity index (χ1) is 17.0. The number of aromatic nitrogens is 1. The number of benzene rings is 2. The number of methoxy groups -OCH3 is 2. The third-order valence-electron chi connectivity index (χ3n) is 5.50. The molecule has 0 spiro atoms. The number of nitrogens with zero attached hydrogens (tertiary/aromatic N) is 3. The Morgan fingerprint density at radius 1 is 1.09 bits per heavy atom. The van der Waals surface area contributed by atoms with Crippen molar-refractivity contribution < 1.29 is 19.1 Å². The molecule has 1 N–H and O–H groups in total. The first kappa shape index (κ1) is 24.3. The van der Waals surface area contributed by atoms with E-state index in [2.05, 4.69) is 15.4 Å². The molecule has 0 saturated carbocycles. The first-order valence-corrected chi connectivity index (χ1v) is 12.0. The summed E-state index contributed by atoms with van der Waals surface area (Å²) in [5, 5.41) is 8.73. The number of hydrogen-bond acceptors (Lipinski definition) is 7. The third-order valence-corrected chi connectivity index (χ3v) is 6.36. The zero-order valence-corrected chi connectivity index (χ0v) is 20.5. The number of rotatable bonds is 8. The van der Waals surface area contributed by atoms with Gasteiger partial charge in [-0.25, -0.2) is 5.01 Å². The van der Waals surface area contributed by atoms with E-state index in [1.54, 1.807) is 44.7 Å². The normalized spacial score (nSPS) is 14.2. The molecule has 2 amide bonds. The maximum atomic E-state index is 13.0. The van der Waals surface area contributed by atoms with E-state index < -0.39 is 6.17 Å². The van der Waals surface area contributed by atoms with Crippen LogP contribution in [-0.4, -0.2) is 53.0 Å². The van der Waals surface area contributed by atoms with Gasteiger partial charge in [0, 0.05) is 23.9 Å². The molecule has 8 nitrogen and oxygen atoms in total. The predicted octanol–water partition coefficient (Wildman–Crippen LogP) is 4.28. The topological polar surface area (TPSA) is 93.1 Å². The molecule has 0 radical (unpaired) electrons. The number of hydrogen-bond donors (Lipinski definition) is 1. The molecule has 0 fully saturated rings. The van der Waals surface area contributed by atoms with Gasteiger partial charge in [-0.3, -0.25) is 14.6 Å². The third kappa shape index (κ3) is 5.81. The molecule has 0 aliphatic carbocycles. The van der Waals surface area contributed by atoms with Crippen LogP contribution in [0.25, 0.3) is 0 Å². The van der Waals surface area contributed by atoms with Crippen molar-refractivity contribution in [2.24, 2.45) is 5.10 Å². The summed E-state index contributed by atoms with van der Waals surface area (Å²) >= 11 is 1.13. The van der Waals surface area contributed by atoms with Gasteiger partial charge in [-0.2, -0.15) is 5.10 Å². The molecule has 1 aliphatic heterocycles. The Morgan fingerprint density at radius 3 is 2.54 bits per heavy atom. The Morgan fingerprint density at radius 2 is 1.86 bits per heavy atom. The van der Waals surface area contributed by atoms with Crippen LogP contribution in [0.3, 0.4) is 0 Å². The molecular formula is C26H26N4O4S. The van der Waals surface area contributed by atoms with Crippen molar-refractivity contribution in [1.82, 2.24) is 15.3 Å². The van der Waals surface area contributed by atoms with Crippen molar-refractivity contribution in [3.8, 4) is 11.5 Å². The fourth-order valence-electron chi connectivity index (χ4n) is 3.62. The zero-order valence-electron chi connectivity index (χ0n) is 19.7. The highest BCUT2D eigenvalue weighted by atomic mass is 32.2. The summed E-state index contributed by atoms with van der Waals surface area (Å²) in [5.74, 6) is 1.19. The Labute approximate surface area is 208 Å². The van der Waals surface area contributed by atoms with Gasteiger partial charge in [0.15, 0.2) is 11.5 Å². The number of carbonyl (C=O) groups is 2. The molecule has 9 heteroatoms. The second-order valence-electron chi connectivity index (χ2n) is 7.91. The van der Waals surface area contributed by atoms with E-state index in [-0.39, 0.29) is 16.8 Å². The van der Waals surface area contributed by atoms with Gasteiger partial charge in [0.25, 0.3) is 5.91 Å². The molecule has 2 heterocycles. The van der Waals surface area contributed by atoms with Gasteiger partial charge in [0.05, 0.1) is 19.9 Å².